The third kappa shape index (κ3) is 2.67. The van der Waals surface area contributed by atoms with E-state index < -0.39 is 0 Å². The number of pyridine rings is 1. The Labute approximate surface area is 79.1 Å². The number of rotatable bonds is 1. The normalized spacial score (nSPS) is 7.91. The molecule has 1 heterocycles. The van der Waals surface area contributed by atoms with Crippen molar-refractivity contribution in [2.75, 3.05) is 5.84 Å². The SMILES string of the molecule is N#CCc1cc[c-]c[n+]1N.[Re]. The first-order valence-electron chi connectivity index (χ1n) is 2.87. The Bertz CT molecular complexity index is 267. The minimum Gasteiger partial charge on any atom is -0.223 e. The molecule has 0 aliphatic rings. The van der Waals surface area contributed by atoms with Crippen LogP contribution in [0.5, 0.6) is 0 Å². The van der Waals surface area contributed by atoms with Crippen molar-refractivity contribution >= 4 is 0 Å². The maximum atomic E-state index is 8.32. The molecule has 3 nitrogen and oxygen atoms in total. The number of nitrogens with zero attached hydrogens (tertiary/aromatic N) is 2. The summed E-state index contributed by atoms with van der Waals surface area (Å²) >= 11 is 0. The second kappa shape index (κ2) is 4.85. The van der Waals surface area contributed by atoms with Crippen molar-refractivity contribution in [3.63, 3.8) is 0 Å². The van der Waals surface area contributed by atoms with E-state index in [2.05, 4.69) is 6.07 Å². The van der Waals surface area contributed by atoms with Gasteiger partial charge < -0.3 is 0 Å². The van der Waals surface area contributed by atoms with E-state index in [1.54, 1.807) is 18.3 Å². The number of aromatic nitrogens is 1. The Balaban J connectivity index is 0.000001000. The molecule has 57 valence electrons. The Morgan fingerprint density at radius 1 is 1.73 bits per heavy atom. The maximum Gasteiger partial charge on any atom is 0.146 e. The molecule has 1 aromatic heterocycles. The van der Waals surface area contributed by atoms with E-state index in [9.17, 15) is 0 Å². The summed E-state index contributed by atoms with van der Waals surface area (Å²) in [6.45, 7) is 0. The van der Waals surface area contributed by atoms with Gasteiger partial charge in [-0.1, -0.05) is 0 Å². The number of hydrogen-bond donors (Lipinski definition) is 1. The predicted octanol–water partition coefficient (Wildman–Crippen LogP) is -0.448. The molecule has 0 bridgehead atoms. The Hall–Kier alpha value is -0.898. The van der Waals surface area contributed by atoms with Crippen LogP contribution < -0.4 is 10.5 Å². The van der Waals surface area contributed by atoms with Crippen molar-refractivity contribution in [3.05, 3.63) is 30.1 Å². The number of nitrogens with two attached hydrogens (primary N) is 1. The van der Waals surface area contributed by atoms with Crippen molar-refractivity contribution in [2.45, 2.75) is 6.42 Å². The van der Waals surface area contributed by atoms with Crippen LogP contribution in [0.1, 0.15) is 5.69 Å². The summed E-state index contributed by atoms with van der Waals surface area (Å²) in [6, 6.07) is 8.30. The van der Waals surface area contributed by atoms with Gasteiger partial charge in [-0.2, -0.15) is 11.3 Å². The molecular weight excluding hydrogens is 312 g/mol. The first-order valence-corrected chi connectivity index (χ1v) is 2.87. The van der Waals surface area contributed by atoms with Gasteiger partial charge in [0.15, 0.2) is 0 Å². The fraction of sp³-hybridized carbons (Fsp3) is 0.143. The van der Waals surface area contributed by atoms with Crippen LogP contribution in [0.3, 0.4) is 0 Å². The fourth-order valence-electron chi connectivity index (χ4n) is 0.668. The van der Waals surface area contributed by atoms with Crippen LogP contribution in [0.25, 0.3) is 0 Å². The minimum absolute atomic E-state index is 0. The van der Waals surface area contributed by atoms with Crippen LogP contribution in [0.2, 0.25) is 0 Å². The quantitative estimate of drug-likeness (QED) is 0.433. The summed E-state index contributed by atoms with van der Waals surface area (Å²) in [5, 5.41) is 8.32. The first kappa shape index (κ1) is 10.1. The van der Waals surface area contributed by atoms with Gasteiger partial charge in [0.05, 0.1) is 6.07 Å². The van der Waals surface area contributed by atoms with Gasteiger partial charge in [-0.25, -0.2) is 11.9 Å². The van der Waals surface area contributed by atoms with Crippen LogP contribution in [0.4, 0.5) is 0 Å². The summed E-state index contributed by atoms with van der Waals surface area (Å²) < 4.78 is 1.39. The molecule has 0 aromatic carbocycles. The van der Waals surface area contributed by atoms with Crippen LogP contribution in [0, 0.1) is 17.4 Å². The van der Waals surface area contributed by atoms with Gasteiger partial charge >= 0.3 is 0 Å². The van der Waals surface area contributed by atoms with Gasteiger partial charge in [0.25, 0.3) is 0 Å². The topological polar surface area (TPSA) is 53.7 Å². The number of nitriles is 1. The standard InChI is InChI=1S/C7H7N3.Re/c8-5-4-7-3-1-2-6-10(7)9;/h1,3,6H,4,9H2;. The molecule has 0 spiro atoms. The summed E-state index contributed by atoms with van der Waals surface area (Å²) in [4.78, 5) is 0. The van der Waals surface area contributed by atoms with E-state index >= 15 is 0 Å². The van der Waals surface area contributed by atoms with Crippen molar-refractivity contribution in [2.24, 2.45) is 0 Å². The van der Waals surface area contributed by atoms with E-state index in [0.29, 0.717) is 6.42 Å². The van der Waals surface area contributed by atoms with Gasteiger partial charge in [-0.15, -0.1) is 10.7 Å². The van der Waals surface area contributed by atoms with E-state index in [-0.39, 0.29) is 20.4 Å². The number of nitrogen functional groups attached to an aromatic ring is 1. The van der Waals surface area contributed by atoms with Gasteiger partial charge in [0, 0.05) is 20.4 Å². The van der Waals surface area contributed by atoms with Crippen LogP contribution in [-0.2, 0) is 26.8 Å². The fourth-order valence-corrected chi connectivity index (χ4v) is 0.668. The number of hydrogen-bond acceptors (Lipinski definition) is 2. The summed E-state index contributed by atoms with van der Waals surface area (Å²) in [5.74, 6) is 5.44. The third-order valence-corrected chi connectivity index (χ3v) is 1.18. The molecule has 0 amide bonds. The maximum absolute atomic E-state index is 8.32. The van der Waals surface area contributed by atoms with Gasteiger partial charge in [0.1, 0.15) is 18.3 Å². The zero-order chi connectivity index (χ0) is 7.40. The third-order valence-electron chi connectivity index (χ3n) is 1.18. The van der Waals surface area contributed by atoms with Crippen LogP contribution in [-0.4, -0.2) is 0 Å². The molecule has 1 rings (SSSR count). The van der Waals surface area contributed by atoms with Gasteiger partial charge in [-0.05, 0) is 0 Å². The van der Waals surface area contributed by atoms with E-state index in [1.807, 2.05) is 6.07 Å². The molecule has 4 heteroatoms. The summed E-state index contributed by atoms with van der Waals surface area (Å²) in [5.41, 5.74) is 0.793. The molecule has 2 N–H and O–H groups in total. The molecule has 0 atom stereocenters. The zero-order valence-electron chi connectivity index (χ0n) is 5.79. The minimum atomic E-state index is 0. The average Bonchev–Trinajstić information content (AvgIpc) is 1.94. The molecular formula is C7H7N3Re. The smallest absolute Gasteiger partial charge is 0.146 e. The molecule has 1 aromatic rings. The molecule has 0 fully saturated rings. The molecule has 1 radical (unpaired) electrons. The molecule has 0 aliphatic heterocycles. The van der Waals surface area contributed by atoms with Gasteiger partial charge in [-0.3, -0.25) is 0 Å². The molecule has 0 unspecified atom stereocenters. The molecule has 0 saturated carbocycles. The Morgan fingerprint density at radius 3 is 3.00 bits per heavy atom. The Kier molecular flexibility index (Phi) is 4.45. The van der Waals surface area contributed by atoms with Crippen molar-refractivity contribution < 1.29 is 25.1 Å². The largest absolute Gasteiger partial charge is 0.223 e. The molecule has 11 heavy (non-hydrogen) atoms. The monoisotopic (exact) mass is 320 g/mol. The van der Waals surface area contributed by atoms with E-state index in [1.165, 1.54) is 4.68 Å². The molecule has 0 saturated heterocycles. The summed E-state index contributed by atoms with van der Waals surface area (Å²) in [6.07, 6.45) is 1.93. The van der Waals surface area contributed by atoms with Crippen molar-refractivity contribution in [1.82, 2.24) is 0 Å². The average molecular weight is 319 g/mol. The summed E-state index contributed by atoms with van der Waals surface area (Å²) in [7, 11) is 0. The Morgan fingerprint density at radius 2 is 2.45 bits per heavy atom. The zero-order valence-corrected chi connectivity index (χ0v) is 8.50. The first-order chi connectivity index (χ1) is 4.84. The predicted molar refractivity (Wildman–Crippen MR) is 34.9 cm³/mol. The van der Waals surface area contributed by atoms with Crippen molar-refractivity contribution in [3.8, 4) is 6.07 Å². The van der Waals surface area contributed by atoms with E-state index in [4.69, 9.17) is 11.1 Å². The molecule has 0 aliphatic carbocycles. The van der Waals surface area contributed by atoms with Crippen LogP contribution >= 0.6 is 0 Å². The van der Waals surface area contributed by atoms with Crippen LogP contribution in [0.15, 0.2) is 18.3 Å². The van der Waals surface area contributed by atoms with E-state index in [0.717, 1.165) is 5.69 Å². The van der Waals surface area contributed by atoms with Crippen molar-refractivity contribution in [1.29, 1.82) is 5.26 Å². The second-order valence-corrected chi connectivity index (χ2v) is 1.86. The second-order valence-electron chi connectivity index (χ2n) is 1.86. The van der Waals surface area contributed by atoms with Gasteiger partial charge in [0.2, 0.25) is 0 Å².